The topological polar surface area (TPSA) is 88.2 Å². The average molecular weight is 352 g/mol. The molecule has 0 atom stereocenters. The Balaban J connectivity index is 1.85. The fourth-order valence-corrected chi connectivity index (χ4v) is 2.66. The number of azo groups is 1. The van der Waals surface area contributed by atoms with Crippen LogP contribution < -0.4 is 5.32 Å². The Labute approximate surface area is 150 Å². The molecular weight excluding hydrogens is 332 g/mol. The third kappa shape index (κ3) is 3.89. The maximum atomic E-state index is 12.0. The Bertz CT molecular complexity index is 919. The van der Waals surface area contributed by atoms with Gasteiger partial charge in [-0.3, -0.25) is 0 Å². The number of benzene rings is 2. The highest BCUT2D eigenvalue weighted by atomic mass is 16.5. The number of carbonyl (C=O) groups excluding carboxylic acids is 1. The lowest BCUT2D eigenvalue weighted by Crippen LogP contribution is -2.05. The first kappa shape index (κ1) is 17.6. The first-order chi connectivity index (χ1) is 12.7. The summed E-state index contributed by atoms with van der Waals surface area (Å²) in [6.07, 6.45) is 0. The second kappa shape index (κ2) is 8.26. The van der Waals surface area contributed by atoms with Crippen LogP contribution in [-0.2, 0) is 11.3 Å². The van der Waals surface area contributed by atoms with Gasteiger partial charge in [0.15, 0.2) is 5.69 Å². The molecule has 0 aliphatic carbocycles. The third-order valence-corrected chi connectivity index (χ3v) is 3.85. The van der Waals surface area contributed by atoms with E-state index in [1.165, 1.54) is 0 Å². The van der Waals surface area contributed by atoms with Gasteiger partial charge in [-0.1, -0.05) is 41.5 Å². The molecular formula is C19H20N4O3. The van der Waals surface area contributed by atoms with Crippen molar-refractivity contribution in [1.29, 1.82) is 0 Å². The zero-order chi connectivity index (χ0) is 18.4. The molecule has 3 aromatic rings. The fraction of sp³-hybridized carbons (Fsp3) is 0.211. The standard InChI is InChI=1S/C19H20N4O3/c1-2-26-13-12-23-16-11-7-6-10-15(16)17(18(23)24)21-22-19(25)20-14-8-4-3-5-9-14/h3-11,24H,2,12-13H2,1H3,(H,20,25). The maximum Gasteiger partial charge on any atom is 0.364 e. The van der Waals surface area contributed by atoms with Crippen LogP contribution >= 0.6 is 0 Å². The summed E-state index contributed by atoms with van der Waals surface area (Å²) >= 11 is 0. The van der Waals surface area contributed by atoms with Gasteiger partial charge in [0.1, 0.15) is 0 Å². The molecule has 7 heteroatoms. The molecule has 0 aliphatic heterocycles. The van der Waals surface area contributed by atoms with Gasteiger partial charge in [0.05, 0.1) is 12.1 Å². The highest BCUT2D eigenvalue weighted by molar-refractivity contribution is 5.96. The molecule has 0 fully saturated rings. The van der Waals surface area contributed by atoms with Crippen LogP contribution in [0.3, 0.4) is 0 Å². The number of nitrogens with zero attached hydrogens (tertiary/aromatic N) is 3. The van der Waals surface area contributed by atoms with Gasteiger partial charge in [0.25, 0.3) is 0 Å². The van der Waals surface area contributed by atoms with Crippen molar-refractivity contribution in [3.8, 4) is 5.88 Å². The number of nitrogens with one attached hydrogen (secondary N) is 1. The lowest BCUT2D eigenvalue weighted by Gasteiger charge is -2.06. The smallest absolute Gasteiger partial charge is 0.364 e. The Hall–Kier alpha value is -3.19. The molecule has 2 aromatic carbocycles. The van der Waals surface area contributed by atoms with Crippen molar-refractivity contribution in [2.75, 3.05) is 18.5 Å². The number of aromatic nitrogens is 1. The first-order valence-electron chi connectivity index (χ1n) is 8.36. The predicted octanol–water partition coefficient (Wildman–Crippen LogP) is 4.70. The van der Waals surface area contributed by atoms with Gasteiger partial charge in [0, 0.05) is 24.2 Å². The monoisotopic (exact) mass is 352 g/mol. The van der Waals surface area contributed by atoms with E-state index in [1.807, 2.05) is 49.4 Å². The van der Waals surface area contributed by atoms with E-state index in [4.69, 9.17) is 4.74 Å². The molecule has 0 bridgehead atoms. The molecule has 26 heavy (non-hydrogen) atoms. The number of para-hydroxylation sites is 2. The summed E-state index contributed by atoms with van der Waals surface area (Å²) in [5.41, 5.74) is 1.70. The second-order valence-corrected chi connectivity index (χ2v) is 5.53. The number of rotatable bonds is 6. The van der Waals surface area contributed by atoms with E-state index in [0.717, 1.165) is 10.9 Å². The van der Waals surface area contributed by atoms with E-state index < -0.39 is 6.03 Å². The van der Waals surface area contributed by atoms with Crippen molar-refractivity contribution in [3.05, 3.63) is 54.6 Å². The van der Waals surface area contributed by atoms with E-state index in [2.05, 4.69) is 15.5 Å². The van der Waals surface area contributed by atoms with E-state index in [9.17, 15) is 9.90 Å². The highest BCUT2D eigenvalue weighted by Gasteiger charge is 2.16. The minimum atomic E-state index is -0.609. The number of fused-ring (bicyclic) bond motifs is 1. The molecule has 1 heterocycles. The molecule has 2 N–H and O–H groups in total. The number of hydrogen-bond donors (Lipinski definition) is 2. The molecule has 2 amide bonds. The summed E-state index contributed by atoms with van der Waals surface area (Å²) in [5, 5.41) is 21.5. The van der Waals surface area contributed by atoms with Crippen molar-refractivity contribution < 1.29 is 14.6 Å². The van der Waals surface area contributed by atoms with Gasteiger partial charge in [-0.25, -0.2) is 4.79 Å². The van der Waals surface area contributed by atoms with Crippen molar-refractivity contribution in [1.82, 2.24) is 4.57 Å². The second-order valence-electron chi connectivity index (χ2n) is 5.53. The Morgan fingerprint density at radius 2 is 1.88 bits per heavy atom. The molecule has 0 saturated carbocycles. The summed E-state index contributed by atoms with van der Waals surface area (Å²) in [7, 11) is 0. The first-order valence-corrected chi connectivity index (χ1v) is 8.36. The van der Waals surface area contributed by atoms with Gasteiger partial charge in [0.2, 0.25) is 5.88 Å². The van der Waals surface area contributed by atoms with Crippen LogP contribution in [0.25, 0.3) is 10.9 Å². The number of ether oxygens (including phenoxy) is 1. The Morgan fingerprint density at radius 3 is 2.65 bits per heavy atom. The summed E-state index contributed by atoms with van der Waals surface area (Å²) in [6.45, 7) is 3.46. The number of aromatic hydroxyl groups is 1. The molecule has 0 saturated heterocycles. The lowest BCUT2D eigenvalue weighted by atomic mass is 10.2. The number of hydrogen-bond acceptors (Lipinski definition) is 4. The van der Waals surface area contributed by atoms with Crippen molar-refractivity contribution in [2.45, 2.75) is 13.5 Å². The van der Waals surface area contributed by atoms with Crippen molar-refractivity contribution in [3.63, 3.8) is 0 Å². The molecule has 7 nitrogen and oxygen atoms in total. The van der Waals surface area contributed by atoms with Crippen LogP contribution in [0.1, 0.15) is 6.92 Å². The van der Waals surface area contributed by atoms with Crippen molar-refractivity contribution >= 4 is 28.3 Å². The Morgan fingerprint density at radius 1 is 1.15 bits per heavy atom. The van der Waals surface area contributed by atoms with E-state index in [1.54, 1.807) is 16.7 Å². The SMILES string of the molecule is CCOCCn1c(O)c(N=NC(=O)Nc2ccccc2)c2ccccc21. The molecule has 1 aromatic heterocycles. The largest absolute Gasteiger partial charge is 0.493 e. The summed E-state index contributed by atoms with van der Waals surface area (Å²) in [6, 6.07) is 15.8. The molecule has 3 rings (SSSR count). The number of urea groups is 1. The normalized spacial score (nSPS) is 11.3. The van der Waals surface area contributed by atoms with Crippen LogP contribution in [0.2, 0.25) is 0 Å². The zero-order valence-corrected chi connectivity index (χ0v) is 14.4. The summed E-state index contributed by atoms with van der Waals surface area (Å²) in [5.74, 6) is -0.0397. The van der Waals surface area contributed by atoms with Crippen LogP contribution in [-0.4, -0.2) is 28.9 Å². The Kier molecular flexibility index (Phi) is 5.60. The molecule has 0 radical (unpaired) electrons. The summed E-state index contributed by atoms with van der Waals surface area (Å²) < 4.78 is 7.07. The van der Waals surface area contributed by atoms with Gasteiger partial charge < -0.3 is 19.7 Å². The minimum Gasteiger partial charge on any atom is -0.493 e. The van der Waals surface area contributed by atoms with E-state index in [0.29, 0.717) is 25.4 Å². The van der Waals surface area contributed by atoms with Crippen LogP contribution in [0, 0.1) is 0 Å². The van der Waals surface area contributed by atoms with Crippen LogP contribution in [0.4, 0.5) is 16.2 Å². The quantitative estimate of drug-likeness (QED) is 0.498. The van der Waals surface area contributed by atoms with E-state index in [-0.39, 0.29) is 11.6 Å². The van der Waals surface area contributed by atoms with Gasteiger partial charge in [-0.2, -0.15) is 0 Å². The maximum absolute atomic E-state index is 12.0. The zero-order valence-electron chi connectivity index (χ0n) is 14.4. The van der Waals surface area contributed by atoms with Crippen LogP contribution in [0.5, 0.6) is 5.88 Å². The number of amides is 2. The average Bonchev–Trinajstić information content (AvgIpc) is 2.93. The van der Waals surface area contributed by atoms with Crippen molar-refractivity contribution in [2.24, 2.45) is 10.2 Å². The van der Waals surface area contributed by atoms with Gasteiger partial charge in [-0.15, -0.1) is 5.11 Å². The third-order valence-electron chi connectivity index (χ3n) is 3.85. The molecule has 0 spiro atoms. The predicted molar refractivity (Wildman–Crippen MR) is 100 cm³/mol. The fourth-order valence-electron chi connectivity index (χ4n) is 2.66. The number of anilines is 1. The van der Waals surface area contributed by atoms with Gasteiger partial charge in [-0.05, 0) is 25.1 Å². The molecule has 134 valence electrons. The minimum absolute atomic E-state index is 0.0397. The molecule has 0 aliphatic rings. The van der Waals surface area contributed by atoms with Gasteiger partial charge >= 0.3 is 6.03 Å². The highest BCUT2D eigenvalue weighted by Crippen LogP contribution is 2.38. The van der Waals surface area contributed by atoms with E-state index >= 15 is 0 Å². The lowest BCUT2D eigenvalue weighted by molar-refractivity contribution is 0.138. The molecule has 0 unspecified atom stereocenters. The number of carbonyl (C=O) groups is 1. The van der Waals surface area contributed by atoms with Crippen LogP contribution in [0.15, 0.2) is 64.8 Å². The summed E-state index contributed by atoms with van der Waals surface area (Å²) in [4.78, 5) is 12.0.